The lowest BCUT2D eigenvalue weighted by Crippen LogP contribution is -2.48. The monoisotopic (exact) mass is 281 g/mol. The van der Waals surface area contributed by atoms with E-state index in [4.69, 9.17) is 0 Å². The Bertz CT molecular complexity index is 497. The molecule has 1 amide bonds. The van der Waals surface area contributed by atoms with Crippen LogP contribution in [0.25, 0.3) is 0 Å². The Hall–Kier alpha value is -1.36. The Kier molecular flexibility index (Phi) is 3.94. The first-order valence-electron chi connectivity index (χ1n) is 6.47. The van der Waals surface area contributed by atoms with Crippen LogP contribution < -0.4 is 0 Å². The lowest BCUT2D eigenvalue weighted by molar-refractivity contribution is -0.153. The first-order valence-corrected chi connectivity index (χ1v) is 7.29. The second-order valence-corrected chi connectivity index (χ2v) is 6.85. The fourth-order valence-electron chi connectivity index (χ4n) is 2.47. The average molecular weight is 281 g/mol. The number of hydrogen-bond acceptors (Lipinski definition) is 3. The van der Waals surface area contributed by atoms with E-state index >= 15 is 0 Å². The largest absolute Gasteiger partial charge is 0.481 e. The Balaban J connectivity index is 2.01. The molecule has 1 aromatic rings. The summed E-state index contributed by atoms with van der Waals surface area (Å²) < 4.78 is 0. The van der Waals surface area contributed by atoms with Gasteiger partial charge >= 0.3 is 5.97 Å². The number of aliphatic carboxylic acids is 1. The van der Waals surface area contributed by atoms with Crippen LogP contribution in [0.5, 0.6) is 0 Å². The third-order valence-corrected chi connectivity index (χ3v) is 4.69. The summed E-state index contributed by atoms with van der Waals surface area (Å²) in [6, 6.07) is 3.98. The molecule has 1 N–H and O–H groups in total. The predicted octanol–water partition coefficient (Wildman–Crippen LogP) is 2.31. The van der Waals surface area contributed by atoms with Crippen molar-refractivity contribution in [1.29, 1.82) is 0 Å². The standard InChI is InChI=1S/C14H19NO3S/c1-10-4-5-11(19-10)8-12(16)15-7-3-6-14(2,9-15)13(17)18/h4-5H,3,6-9H2,1-2H3,(H,17,18). The molecular formula is C14H19NO3S. The number of piperidine rings is 1. The van der Waals surface area contributed by atoms with Gasteiger partial charge in [-0.25, -0.2) is 0 Å². The number of hydrogen-bond donors (Lipinski definition) is 1. The number of aryl methyl sites for hydroxylation is 1. The lowest BCUT2D eigenvalue weighted by atomic mass is 9.82. The van der Waals surface area contributed by atoms with Gasteiger partial charge in [-0.1, -0.05) is 0 Å². The molecule has 1 aromatic heterocycles. The summed E-state index contributed by atoms with van der Waals surface area (Å²) in [6.45, 7) is 4.74. The van der Waals surface area contributed by atoms with Gasteiger partial charge in [-0.3, -0.25) is 9.59 Å². The smallest absolute Gasteiger partial charge is 0.311 e. The van der Waals surface area contributed by atoms with Crippen molar-refractivity contribution in [2.75, 3.05) is 13.1 Å². The molecule has 1 aliphatic heterocycles. The van der Waals surface area contributed by atoms with E-state index in [0.717, 1.165) is 11.3 Å². The molecule has 0 aliphatic carbocycles. The number of thiophene rings is 1. The molecule has 0 spiro atoms. The van der Waals surface area contributed by atoms with E-state index in [2.05, 4.69) is 0 Å². The predicted molar refractivity (Wildman–Crippen MR) is 74.3 cm³/mol. The van der Waals surface area contributed by atoms with Crippen molar-refractivity contribution in [1.82, 2.24) is 4.90 Å². The van der Waals surface area contributed by atoms with Crippen LogP contribution in [-0.4, -0.2) is 35.0 Å². The first kappa shape index (κ1) is 14.1. The number of likely N-dealkylation sites (tertiary alicyclic amines) is 1. The van der Waals surface area contributed by atoms with Crippen molar-refractivity contribution in [2.24, 2.45) is 5.41 Å². The molecule has 5 heteroatoms. The van der Waals surface area contributed by atoms with E-state index in [-0.39, 0.29) is 5.91 Å². The molecule has 1 fully saturated rings. The van der Waals surface area contributed by atoms with Gasteiger partial charge in [-0.2, -0.15) is 0 Å². The van der Waals surface area contributed by atoms with Crippen LogP contribution in [0.1, 0.15) is 29.5 Å². The van der Waals surface area contributed by atoms with Crippen molar-refractivity contribution >= 4 is 23.2 Å². The highest BCUT2D eigenvalue weighted by Gasteiger charge is 2.39. The molecule has 1 aliphatic rings. The van der Waals surface area contributed by atoms with Crippen LogP contribution in [0.15, 0.2) is 12.1 Å². The zero-order valence-electron chi connectivity index (χ0n) is 11.3. The molecule has 19 heavy (non-hydrogen) atoms. The van der Waals surface area contributed by atoms with E-state index in [9.17, 15) is 14.7 Å². The minimum atomic E-state index is -0.808. The van der Waals surface area contributed by atoms with Gasteiger partial charge < -0.3 is 10.0 Å². The molecule has 1 unspecified atom stereocenters. The van der Waals surface area contributed by atoms with Gasteiger partial charge in [-0.15, -0.1) is 11.3 Å². The molecule has 4 nitrogen and oxygen atoms in total. The average Bonchev–Trinajstić information content (AvgIpc) is 2.74. The minimum absolute atomic E-state index is 0.0361. The number of carboxylic acid groups (broad SMARTS) is 1. The molecule has 104 valence electrons. The van der Waals surface area contributed by atoms with Crippen LogP contribution in [-0.2, 0) is 16.0 Å². The van der Waals surface area contributed by atoms with Gasteiger partial charge in [0.25, 0.3) is 0 Å². The first-order chi connectivity index (χ1) is 8.90. The van der Waals surface area contributed by atoms with E-state index in [1.165, 1.54) is 4.88 Å². The fraction of sp³-hybridized carbons (Fsp3) is 0.571. The van der Waals surface area contributed by atoms with E-state index in [1.54, 1.807) is 23.2 Å². The third kappa shape index (κ3) is 3.15. The second-order valence-electron chi connectivity index (χ2n) is 5.47. The number of rotatable bonds is 3. The number of carbonyl (C=O) groups is 2. The summed E-state index contributed by atoms with van der Waals surface area (Å²) in [6.07, 6.45) is 1.79. The summed E-state index contributed by atoms with van der Waals surface area (Å²) in [5.74, 6) is -0.772. The van der Waals surface area contributed by atoms with Crippen LogP contribution in [0, 0.1) is 12.3 Å². The van der Waals surface area contributed by atoms with Crippen molar-refractivity contribution in [2.45, 2.75) is 33.1 Å². The third-order valence-electron chi connectivity index (χ3n) is 3.69. The number of carbonyl (C=O) groups excluding carboxylic acids is 1. The highest BCUT2D eigenvalue weighted by molar-refractivity contribution is 7.12. The lowest BCUT2D eigenvalue weighted by Gasteiger charge is -2.37. The summed E-state index contributed by atoms with van der Waals surface area (Å²) in [5.41, 5.74) is -0.792. The Morgan fingerprint density at radius 2 is 2.21 bits per heavy atom. The maximum atomic E-state index is 12.2. The van der Waals surface area contributed by atoms with Gasteiger partial charge in [-0.05, 0) is 38.8 Å². The minimum Gasteiger partial charge on any atom is -0.481 e. The zero-order chi connectivity index (χ0) is 14.0. The number of nitrogens with zero attached hydrogens (tertiary/aromatic N) is 1. The van der Waals surface area contributed by atoms with Crippen LogP contribution in [0.4, 0.5) is 0 Å². The van der Waals surface area contributed by atoms with E-state index in [1.807, 2.05) is 19.1 Å². The van der Waals surface area contributed by atoms with E-state index in [0.29, 0.717) is 25.9 Å². The fourth-order valence-corrected chi connectivity index (χ4v) is 3.35. The highest BCUT2D eigenvalue weighted by Crippen LogP contribution is 2.30. The molecule has 1 atom stereocenters. The molecule has 0 saturated carbocycles. The molecule has 0 bridgehead atoms. The van der Waals surface area contributed by atoms with Gasteiger partial charge in [0.2, 0.25) is 5.91 Å². The topological polar surface area (TPSA) is 57.6 Å². The number of amides is 1. The maximum absolute atomic E-state index is 12.2. The SMILES string of the molecule is Cc1ccc(CC(=O)N2CCCC(C)(C(=O)O)C2)s1. The highest BCUT2D eigenvalue weighted by atomic mass is 32.1. The van der Waals surface area contributed by atoms with Crippen LogP contribution >= 0.6 is 11.3 Å². The van der Waals surface area contributed by atoms with E-state index < -0.39 is 11.4 Å². The number of carboxylic acids is 1. The summed E-state index contributed by atoms with van der Waals surface area (Å²) >= 11 is 1.62. The quantitative estimate of drug-likeness (QED) is 0.925. The summed E-state index contributed by atoms with van der Waals surface area (Å²) in [5, 5.41) is 9.25. The molecule has 2 heterocycles. The normalized spacial score (nSPS) is 23.4. The van der Waals surface area contributed by atoms with Gasteiger partial charge in [0.15, 0.2) is 0 Å². The molecule has 2 rings (SSSR count). The Morgan fingerprint density at radius 3 is 2.79 bits per heavy atom. The molecule has 0 radical (unpaired) electrons. The Morgan fingerprint density at radius 1 is 1.47 bits per heavy atom. The van der Waals surface area contributed by atoms with Gasteiger partial charge in [0.1, 0.15) is 0 Å². The molecular weight excluding hydrogens is 262 g/mol. The van der Waals surface area contributed by atoms with Crippen molar-refractivity contribution in [3.05, 3.63) is 21.9 Å². The van der Waals surface area contributed by atoms with Crippen LogP contribution in [0.2, 0.25) is 0 Å². The molecule has 0 aromatic carbocycles. The summed E-state index contributed by atoms with van der Waals surface area (Å²) in [4.78, 5) is 27.4. The second kappa shape index (κ2) is 5.33. The maximum Gasteiger partial charge on any atom is 0.311 e. The molecule has 1 saturated heterocycles. The summed E-state index contributed by atoms with van der Waals surface area (Å²) in [7, 11) is 0. The van der Waals surface area contributed by atoms with Crippen molar-refractivity contribution in [3.63, 3.8) is 0 Å². The van der Waals surface area contributed by atoms with Crippen molar-refractivity contribution in [3.8, 4) is 0 Å². The van der Waals surface area contributed by atoms with Crippen molar-refractivity contribution < 1.29 is 14.7 Å². The van der Waals surface area contributed by atoms with Gasteiger partial charge in [0.05, 0.1) is 11.8 Å². The van der Waals surface area contributed by atoms with Crippen LogP contribution in [0.3, 0.4) is 0 Å². The van der Waals surface area contributed by atoms with Gasteiger partial charge in [0, 0.05) is 22.8 Å². The Labute approximate surface area is 117 Å². The zero-order valence-corrected chi connectivity index (χ0v) is 12.1.